The summed E-state index contributed by atoms with van der Waals surface area (Å²) in [5.74, 6) is -0.342. The number of fused-ring (bicyclic) bond motifs is 5. The van der Waals surface area contributed by atoms with Crippen LogP contribution in [0.15, 0.2) is 54.6 Å². The van der Waals surface area contributed by atoms with Gasteiger partial charge in [-0.3, -0.25) is 0 Å². The zero-order chi connectivity index (χ0) is 18.5. The van der Waals surface area contributed by atoms with Gasteiger partial charge in [0.05, 0.1) is 0 Å². The maximum absolute atomic E-state index is 12.7. The smallest absolute Gasteiger partial charge is 0.376 e. The lowest BCUT2D eigenvalue weighted by Crippen LogP contribution is -2.28. The van der Waals surface area contributed by atoms with Crippen molar-refractivity contribution in [3.05, 3.63) is 76.9 Å². The summed E-state index contributed by atoms with van der Waals surface area (Å²) in [6, 6.07) is 12.4. The van der Waals surface area contributed by atoms with E-state index in [2.05, 4.69) is 4.18 Å². The van der Waals surface area contributed by atoms with Crippen molar-refractivity contribution in [3.63, 3.8) is 0 Å². The number of benzene rings is 2. The molecule has 2 aliphatic heterocycles. The molecule has 0 amide bonds. The van der Waals surface area contributed by atoms with Crippen molar-refractivity contribution in [1.82, 2.24) is 0 Å². The summed E-state index contributed by atoms with van der Waals surface area (Å²) in [6.45, 7) is 0. The van der Waals surface area contributed by atoms with Gasteiger partial charge in [0.1, 0.15) is 18.0 Å². The van der Waals surface area contributed by atoms with E-state index in [0.717, 1.165) is 11.1 Å². The first-order valence-electron chi connectivity index (χ1n) is 7.80. The van der Waals surface area contributed by atoms with E-state index in [4.69, 9.17) is 4.74 Å². The molecule has 2 aliphatic rings. The third-order valence-corrected chi connectivity index (χ3v) is 5.35. The van der Waals surface area contributed by atoms with Crippen molar-refractivity contribution >= 4 is 10.1 Å². The molecule has 4 rings (SSSR count). The first-order valence-corrected chi connectivity index (χ1v) is 9.21. The van der Waals surface area contributed by atoms with E-state index >= 15 is 0 Å². The molecule has 2 bridgehead atoms. The molecule has 0 spiro atoms. The quantitative estimate of drug-likeness (QED) is 0.452. The van der Waals surface area contributed by atoms with Gasteiger partial charge < -0.3 is 8.92 Å². The molecule has 2 heterocycles. The second-order valence-electron chi connectivity index (χ2n) is 6.06. The average molecular weight is 382 g/mol. The van der Waals surface area contributed by atoms with Crippen LogP contribution in [-0.2, 0) is 21.3 Å². The van der Waals surface area contributed by atoms with Crippen LogP contribution in [0.25, 0.3) is 0 Å². The molecular weight excluding hydrogens is 369 g/mol. The third-order valence-electron chi connectivity index (χ3n) is 4.38. The van der Waals surface area contributed by atoms with Crippen LogP contribution in [-0.4, -0.2) is 13.9 Å². The Morgan fingerprint density at radius 3 is 2.27 bits per heavy atom. The van der Waals surface area contributed by atoms with E-state index < -0.39 is 27.8 Å². The van der Waals surface area contributed by atoms with Crippen molar-refractivity contribution in [2.75, 3.05) is 0 Å². The Bertz CT molecular complexity index is 981. The van der Waals surface area contributed by atoms with E-state index in [1.165, 1.54) is 6.07 Å². The van der Waals surface area contributed by atoms with Crippen LogP contribution in [0, 0.1) is 0 Å². The van der Waals surface area contributed by atoms with Crippen LogP contribution < -0.4 is 4.18 Å². The SMILES string of the molecule is O=S(=O)(Oc1ccc(Cc2ccccc2)c2c1C1C=CC2O1)C(F)(F)F. The van der Waals surface area contributed by atoms with Gasteiger partial charge in [-0.05, 0) is 29.2 Å². The van der Waals surface area contributed by atoms with Gasteiger partial charge in [0.15, 0.2) is 0 Å². The highest BCUT2D eigenvalue weighted by Gasteiger charge is 2.49. The Kier molecular flexibility index (Phi) is 3.85. The first kappa shape index (κ1) is 17.1. The third kappa shape index (κ3) is 2.79. The Hall–Kier alpha value is -2.32. The van der Waals surface area contributed by atoms with Crippen molar-refractivity contribution < 1.29 is 30.5 Å². The predicted octanol–water partition coefficient (Wildman–Crippen LogP) is 4.19. The Morgan fingerprint density at radius 1 is 0.962 bits per heavy atom. The lowest BCUT2D eigenvalue weighted by atomic mass is 9.89. The maximum Gasteiger partial charge on any atom is 0.534 e. The zero-order valence-electron chi connectivity index (χ0n) is 13.2. The minimum Gasteiger partial charge on any atom is -0.376 e. The molecule has 26 heavy (non-hydrogen) atoms. The highest BCUT2D eigenvalue weighted by Crippen LogP contribution is 2.51. The number of hydrogen-bond acceptors (Lipinski definition) is 4. The van der Waals surface area contributed by atoms with Crippen LogP contribution in [0.4, 0.5) is 13.2 Å². The summed E-state index contributed by atoms with van der Waals surface area (Å²) in [4.78, 5) is 0. The Balaban J connectivity index is 1.76. The summed E-state index contributed by atoms with van der Waals surface area (Å²) >= 11 is 0. The minimum atomic E-state index is -5.74. The first-order chi connectivity index (χ1) is 12.3. The van der Waals surface area contributed by atoms with Gasteiger partial charge in [0, 0.05) is 5.56 Å². The molecule has 2 atom stereocenters. The molecule has 2 aromatic carbocycles. The van der Waals surface area contributed by atoms with Gasteiger partial charge in [-0.25, -0.2) is 0 Å². The van der Waals surface area contributed by atoms with Gasteiger partial charge in [-0.1, -0.05) is 48.6 Å². The topological polar surface area (TPSA) is 52.6 Å². The van der Waals surface area contributed by atoms with E-state index in [1.807, 2.05) is 36.4 Å². The highest BCUT2D eigenvalue weighted by atomic mass is 32.2. The van der Waals surface area contributed by atoms with Crippen LogP contribution in [0.2, 0.25) is 0 Å². The second kappa shape index (κ2) is 5.85. The number of rotatable bonds is 4. The molecule has 0 saturated heterocycles. The minimum absolute atomic E-state index is 0.342. The predicted molar refractivity (Wildman–Crippen MR) is 87.0 cm³/mol. The lowest BCUT2D eigenvalue weighted by Gasteiger charge is -2.18. The van der Waals surface area contributed by atoms with E-state index in [9.17, 15) is 21.6 Å². The molecule has 136 valence electrons. The molecule has 0 aromatic heterocycles. The molecule has 0 aliphatic carbocycles. The zero-order valence-corrected chi connectivity index (χ0v) is 14.0. The molecule has 0 radical (unpaired) electrons. The Morgan fingerprint density at radius 2 is 1.62 bits per heavy atom. The fourth-order valence-corrected chi connectivity index (χ4v) is 3.75. The Labute approximate surface area is 148 Å². The molecule has 2 unspecified atom stereocenters. The molecule has 0 saturated carbocycles. The van der Waals surface area contributed by atoms with Crippen molar-refractivity contribution in [1.29, 1.82) is 0 Å². The number of halogens is 3. The van der Waals surface area contributed by atoms with Crippen LogP contribution in [0.3, 0.4) is 0 Å². The van der Waals surface area contributed by atoms with Crippen LogP contribution in [0.5, 0.6) is 5.75 Å². The molecule has 4 nitrogen and oxygen atoms in total. The number of ether oxygens (including phenoxy) is 1. The van der Waals surface area contributed by atoms with Crippen molar-refractivity contribution in [2.45, 2.75) is 24.1 Å². The van der Waals surface area contributed by atoms with E-state index in [1.54, 1.807) is 12.1 Å². The number of hydrogen-bond donors (Lipinski definition) is 0. The molecule has 0 fully saturated rings. The summed E-state index contributed by atoms with van der Waals surface area (Å²) in [5, 5.41) is 0. The monoisotopic (exact) mass is 382 g/mol. The average Bonchev–Trinajstić information content (AvgIpc) is 3.19. The second-order valence-corrected chi connectivity index (χ2v) is 7.60. The molecule has 0 N–H and O–H groups in total. The normalized spacial score (nSPS) is 21.0. The fourth-order valence-electron chi connectivity index (χ4n) is 3.28. The van der Waals surface area contributed by atoms with Crippen LogP contribution >= 0.6 is 0 Å². The molecule has 2 aromatic rings. The molecular formula is C18H13F3O4S. The lowest BCUT2D eigenvalue weighted by molar-refractivity contribution is -0.0500. The van der Waals surface area contributed by atoms with E-state index in [0.29, 0.717) is 17.5 Å². The summed E-state index contributed by atoms with van der Waals surface area (Å²) in [7, 11) is -5.74. The largest absolute Gasteiger partial charge is 0.534 e. The van der Waals surface area contributed by atoms with E-state index in [-0.39, 0.29) is 5.75 Å². The van der Waals surface area contributed by atoms with Gasteiger partial charge in [-0.15, -0.1) is 0 Å². The summed E-state index contributed by atoms with van der Waals surface area (Å²) in [5.41, 5.74) is -2.58. The van der Waals surface area contributed by atoms with Crippen molar-refractivity contribution in [3.8, 4) is 5.75 Å². The number of alkyl halides is 3. The molecule has 8 heteroatoms. The highest BCUT2D eigenvalue weighted by molar-refractivity contribution is 7.88. The van der Waals surface area contributed by atoms with Gasteiger partial charge in [-0.2, -0.15) is 21.6 Å². The summed E-state index contributed by atoms with van der Waals surface area (Å²) in [6.07, 6.45) is 3.03. The fraction of sp³-hybridized carbons (Fsp3) is 0.222. The van der Waals surface area contributed by atoms with Gasteiger partial charge in [0.2, 0.25) is 0 Å². The summed E-state index contributed by atoms with van der Waals surface area (Å²) < 4.78 is 70.9. The van der Waals surface area contributed by atoms with Gasteiger partial charge in [0.25, 0.3) is 0 Å². The van der Waals surface area contributed by atoms with Gasteiger partial charge >= 0.3 is 15.6 Å². The van der Waals surface area contributed by atoms with Crippen molar-refractivity contribution in [2.24, 2.45) is 0 Å². The maximum atomic E-state index is 12.7. The van der Waals surface area contributed by atoms with Crippen LogP contribution in [0.1, 0.15) is 34.5 Å². The standard InChI is InChI=1S/C18H13F3O4S/c19-18(20,21)26(22,23)25-15-7-6-12(10-11-4-2-1-3-5-11)16-13-8-9-14(24-13)17(15)16/h1-9,13-14H,10H2.